The molecule has 3 aromatic rings. The quantitative estimate of drug-likeness (QED) is 0.412. The number of nitrogens with zero attached hydrogens (tertiary/aromatic N) is 3. The van der Waals surface area contributed by atoms with E-state index >= 15 is 0 Å². The minimum Gasteiger partial charge on any atom is -0.369 e. The normalized spacial score (nSPS) is 12.0. The van der Waals surface area contributed by atoms with Crippen LogP contribution in [0.25, 0.3) is 22.3 Å². The molecule has 0 spiro atoms. The molecule has 1 heterocycles. The fourth-order valence-corrected chi connectivity index (χ4v) is 3.69. The maximum Gasteiger partial charge on any atom is 0.416 e. The first-order chi connectivity index (χ1) is 14.1. The largest absolute Gasteiger partial charge is 0.416 e. The highest BCUT2D eigenvalue weighted by atomic mass is 79.9. The standard InChI is InChI=1S/C22H24BrF3N4/c1-14-7-6-8-18-19(14)28-20(29-21(18)27-9-4-5-10-30(2)3)15-11-16(22(24,25)26)13-17(23)12-15/h6-8,11-13H,4-5,9-10H2,1-3H3,(H,27,28,29). The Kier molecular flexibility index (Phi) is 6.98. The molecule has 0 unspecified atom stereocenters. The Balaban J connectivity index is 2.00. The van der Waals surface area contributed by atoms with Crippen LogP contribution in [0.1, 0.15) is 24.0 Å². The summed E-state index contributed by atoms with van der Waals surface area (Å²) in [5.74, 6) is 0.900. The first-order valence-corrected chi connectivity index (χ1v) is 10.5. The van der Waals surface area contributed by atoms with Crippen LogP contribution in [0, 0.1) is 6.92 Å². The van der Waals surface area contributed by atoms with Gasteiger partial charge in [0.25, 0.3) is 0 Å². The lowest BCUT2D eigenvalue weighted by atomic mass is 10.1. The van der Waals surface area contributed by atoms with E-state index in [0.29, 0.717) is 15.9 Å². The number of para-hydroxylation sites is 1. The SMILES string of the molecule is Cc1cccc2c(NCCCCN(C)C)nc(-c3cc(Br)cc(C(F)(F)F)c3)nc12. The number of aromatic nitrogens is 2. The molecule has 0 aliphatic carbocycles. The Morgan fingerprint density at radius 2 is 1.83 bits per heavy atom. The van der Waals surface area contributed by atoms with E-state index in [9.17, 15) is 13.2 Å². The Hall–Kier alpha value is -2.19. The monoisotopic (exact) mass is 480 g/mol. The molecule has 0 aliphatic rings. The predicted molar refractivity (Wildman–Crippen MR) is 119 cm³/mol. The summed E-state index contributed by atoms with van der Waals surface area (Å²) in [5.41, 5.74) is 1.25. The summed E-state index contributed by atoms with van der Waals surface area (Å²) in [5, 5.41) is 4.21. The second-order valence-corrected chi connectivity index (χ2v) is 8.45. The predicted octanol–water partition coefficient (Wildman–Crippen LogP) is 6.14. The molecule has 1 N–H and O–H groups in total. The summed E-state index contributed by atoms with van der Waals surface area (Å²) in [6.07, 6.45) is -2.45. The molecular weight excluding hydrogens is 457 g/mol. The minimum atomic E-state index is -4.45. The molecule has 0 amide bonds. The number of fused-ring (bicyclic) bond motifs is 1. The van der Waals surface area contributed by atoms with E-state index < -0.39 is 11.7 Å². The number of aryl methyl sites for hydroxylation is 1. The number of benzene rings is 2. The molecule has 0 aliphatic heterocycles. The molecule has 0 bridgehead atoms. The lowest BCUT2D eigenvalue weighted by molar-refractivity contribution is -0.137. The van der Waals surface area contributed by atoms with Crippen molar-refractivity contribution in [3.63, 3.8) is 0 Å². The van der Waals surface area contributed by atoms with Crippen LogP contribution in [-0.2, 0) is 6.18 Å². The lowest BCUT2D eigenvalue weighted by Gasteiger charge is -2.14. The van der Waals surface area contributed by atoms with Crippen LogP contribution >= 0.6 is 15.9 Å². The van der Waals surface area contributed by atoms with Crippen LogP contribution in [0.2, 0.25) is 0 Å². The topological polar surface area (TPSA) is 41.0 Å². The van der Waals surface area contributed by atoms with Crippen LogP contribution in [0.4, 0.5) is 19.0 Å². The molecule has 160 valence electrons. The summed E-state index contributed by atoms with van der Waals surface area (Å²) in [6, 6.07) is 9.54. The zero-order valence-electron chi connectivity index (χ0n) is 17.1. The van der Waals surface area contributed by atoms with Crippen molar-refractivity contribution in [1.82, 2.24) is 14.9 Å². The molecule has 0 saturated heterocycles. The van der Waals surface area contributed by atoms with Gasteiger partial charge in [-0.15, -0.1) is 0 Å². The number of halogens is 4. The highest BCUT2D eigenvalue weighted by molar-refractivity contribution is 9.10. The lowest BCUT2D eigenvalue weighted by Crippen LogP contribution is -2.14. The van der Waals surface area contributed by atoms with Crippen molar-refractivity contribution in [3.05, 3.63) is 52.0 Å². The molecule has 2 aromatic carbocycles. The van der Waals surface area contributed by atoms with Gasteiger partial charge in [0, 0.05) is 22.0 Å². The van der Waals surface area contributed by atoms with E-state index in [0.717, 1.165) is 54.5 Å². The molecule has 4 nitrogen and oxygen atoms in total. The average Bonchev–Trinajstić information content (AvgIpc) is 2.66. The first kappa shape index (κ1) is 22.5. The van der Waals surface area contributed by atoms with Gasteiger partial charge in [0.05, 0.1) is 11.1 Å². The van der Waals surface area contributed by atoms with E-state index in [1.54, 1.807) is 6.07 Å². The number of unbranched alkanes of at least 4 members (excludes halogenated alkanes) is 1. The molecule has 0 radical (unpaired) electrons. The molecule has 0 atom stereocenters. The highest BCUT2D eigenvalue weighted by Gasteiger charge is 2.31. The smallest absolute Gasteiger partial charge is 0.369 e. The van der Waals surface area contributed by atoms with E-state index in [2.05, 4.69) is 36.1 Å². The number of rotatable bonds is 7. The van der Waals surface area contributed by atoms with Crippen molar-refractivity contribution in [3.8, 4) is 11.4 Å². The van der Waals surface area contributed by atoms with Gasteiger partial charge < -0.3 is 10.2 Å². The highest BCUT2D eigenvalue weighted by Crippen LogP contribution is 2.35. The van der Waals surface area contributed by atoms with Crippen molar-refractivity contribution < 1.29 is 13.2 Å². The zero-order valence-corrected chi connectivity index (χ0v) is 18.7. The van der Waals surface area contributed by atoms with Crippen molar-refractivity contribution in [2.45, 2.75) is 25.9 Å². The van der Waals surface area contributed by atoms with E-state index in [1.165, 1.54) is 0 Å². The van der Waals surface area contributed by atoms with E-state index in [-0.39, 0.29) is 5.82 Å². The third kappa shape index (κ3) is 5.49. The van der Waals surface area contributed by atoms with Crippen molar-refractivity contribution in [1.29, 1.82) is 0 Å². The fraction of sp³-hybridized carbons (Fsp3) is 0.364. The Labute approximate surface area is 182 Å². The summed E-state index contributed by atoms with van der Waals surface area (Å²) in [4.78, 5) is 11.3. The van der Waals surface area contributed by atoms with Gasteiger partial charge in [-0.25, -0.2) is 9.97 Å². The van der Waals surface area contributed by atoms with E-state index in [4.69, 9.17) is 0 Å². The summed E-state index contributed by atoms with van der Waals surface area (Å²) >= 11 is 3.18. The Morgan fingerprint density at radius 3 is 2.53 bits per heavy atom. The molecule has 3 rings (SSSR count). The molecule has 30 heavy (non-hydrogen) atoms. The minimum absolute atomic E-state index is 0.263. The van der Waals surface area contributed by atoms with Crippen LogP contribution in [-0.4, -0.2) is 42.1 Å². The van der Waals surface area contributed by atoms with Gasteiger partial charge in [0.15, 0.2) is 5.82 Å². The van der Waals surface area contributed by atoms with Gasteiger partial charge in [0.2, 0.25) is 0 Å². The molecule has 1 aromatic heterocycles. The van der Waals surface area contributed by atoms with Crippen LogP contribution in [0.5, 0.6) is 0 Å². The van der Waals surface area contributed by atoms with Crippen LogP contribution in [0.15, 0.2) is 40.9 Å². The van der Waals surface area contributed by atoms with Gasteiger partial charge in [-0.3, -0.25) is 0 Å². The van der Waals surface area contributed by atoms with Gasteiger partial charge in [0.1, 0.15) is 5.82 Å². The second-order valence-electron chi connectivity index (χ2n) is 7.53. The van der Waals surface area contributed by atoms with Crippen molar-refractivity contribution >= 4 is 32.7 Å². The first-order valence-electron chi connectivity index (χ1n) is 9.69. The van der Waals surface area contributed by atoms with Gasteiger partial charge in [-0.2, -0.15) is 13.2 Å². The Morgan fingerprint density at radius 1 is 1.07 bits per heavy atom. The number of nitrogens with one attached hydrogen (secondary N) is 1. The number of hydrogen-bond donors (Lipinski definition) is 1. The molecule has 0 saturated carbocycles. The van der Waals surface area contributed by atoms with E-state index in [1.807, 2.05) is 39.2 Å². The summed E-state index contributed by atoms with van der Waals surface area (Å²) in [6.45, 7) is 3.65. The van der Waals surface area contributed by atoms with Gasteiger partial charge in [-0.1, -0.05) is 28.1 Å². The van der Waals surface area contributed by atoms with Crippen molar-refractivity contribution in [2.24, 2.45) is 0 Å². The zero-order chi connectivity index (χ0) is 21.9. The summed E-state index contributed by atoms with van der Waals surface area (Å²) in [7, 11) is 4.07. The maximum absolute atomic E-state index is 13.3. The van der Waals surface area contributed by atoms with Crippen molar-refractivity contribution in [2.75, 3.05) is 32.5 Å². The third-order valence-electron chi connectivity index (χ3n) is 4.74. The molecule has 8 heteroatoms. The molecule has 0 fully saturated rings. The number of hydrogen-bond acceptors (Lipinski definition) is 4. The summed E-state index contributed by atoms with van der Waals surface area (Å²) < 4.78 is 40.2. The second kappa shape index (κ2) is 9.31. The van der Waals surface area contributed by atoms with Crippen LogP contribution in [0.3, 0.4) is 0 Å². The third-order valence-corrected chi connectivity index (χ3v) is 5.19. The average molecular weight is 481 g/mol. The van der Waals surface area contributed by atoms with Gasteiger partial charge >= 0.3 is 6.18 Å². The van der Waals surface area contributed by atoms with Gasteiger partial charge in [-0.05, 0) is 70.2 Å². The maximum atomic E-state index is 13.3. The molecular formula is C22H24BrF3N4. The number of alkyl halides is 3. The fourth-order valence-electron chi connectivity index (χ4n) is 3.20. The van der Waals surface area contributed by atoms with Crippen LogP contribution < -0.4 is 5.32 Å². The Bertz CT molecular complexity index is 1030. The number of anilines is 1.